The molecule has 14 heavy (non-hydrogen) atoms. The van der Waals surface area contributed by atoms with Gasteiger partial charge in [0.2, 0.25) is 0 Å². The molecule has 1 aliphatic rings. The summed E-state index contributed by atoms with van der Waals surface area (Å²) in [5.41, 5.74) is 0. The van der Waals surface area contributed by atoms with Crippen molar-refractivity contribution in [3.05, 3.63) is 0 Å². The van der Waals surface area contributed by atoms with Gasteiger partial charge >= 0.3 is 8.80 Å². The first kappa shape index (κ1) is 12.1. The van der Waals surface area contributed by atoms with E-state index in [2.05, 4.69) is 0 Å². The molecule has 0 bridgehead atoms. The van der Waals surface area contributed by atoms with Crippen molar-refractivity contribution in [1.29, 1.82) is 0 Å². The molecule has 1 fully saturated rings. The van der Waals surface area contributed by atoms with Gasteiger partial charge in [-0.1, -0.05) is 0 Å². The van der Waals surface area contributed by atoms with Gasteiger partial charge in [0.15, 0.2) is 0 Å². The molecule has 2 atom stereocenters. The van der Waals surface area contributed by atoms with Crippen molar-refractivity contribution < 1.29 is 22.8 Å². The average Bonchev–Trinajstić information content (AvgIpc) is 2.61. The Morgan fingerprint density at radius 3 is 2.07 bits per heavy atom. The Kier molecular flexibility index (Phi) is 4.49. The van der Waals surface area contributed by atoms with Crippen molar-refractivity contribution in [2.24, 2.45) is 0 Å². The molecular formula is C8H18O5Si. The van der Waals surface area contributed by atoms with E-state index in [9.17, 15) is 0 Å². The molecule has 84 valence electrons. The van der Waals surface area contributed by atoms with E-state index in [1.807, 2.05) is 6.92 Å². The third kappa shape index (κ3) is 2.53. The van der Waals surface area contributed by atoms with Crippen LogP contribution < -0.4 is 0 Å². The summed E-state index contributed by atoms with van der Waals surface area (Å²) in [6.07, 6.45) is 0.0730. The summed E-state index contributed by atoms with van der Waals surface area (Å²) in [6, 6.07) is 0.623. The van der Waals surface area contributed by atoms with Gasteiger partial charge in [0.05, 0.1) is 12.2 Å². The molecule has 0 spiro atoms. The maximum atomic E-state index is 5.40. The SMILES string of the molecule is CO[Si](CC1OCOC1C)(OC)OC. The topological polar surface area (TPSA) is 46.2 Å². The molecule has 0 aromatic heterocycles. The van der Waals surface area contributed by atoms with Crippen LogP contribution in [0.5, 0.6) is 0 Å². The normalized spacial score (nSPS) is 28.3. The third-order valence-corrected chi connectivity index (χ3v) is 5.29. The Hall–Kier alpha value is 0.0169. The van der Waals surface area contributed by atoms with Crippen molar-refractivity contribution in [1.82, 2.24) is 0 Å². The highest BCUT2D eigenvalue weighted by atomic mass is 28.4. The molecule has 0 aromatic rings. The molecule has 1 aliphatic heterocycles. The van der Waals surface area contributed by atoms with E-state index in [1.54, 1.807) is 21.3 Å². The minimum atomic E-state index is -2.53. The summed E-state index contributed by atoms with van der Waals surface area (Å²) in [5, 5.41) is 0. The van der Waals surface area contributed by atoms with Crippen LogP contribution in [0.4, 0.5) is 0 Å². The largest absolute Gasteiger partial charge is 0.502 e. The average molecular weight is 222 g/mol. The lowest BCUT2D eigenvalue weighted by atomic mass is 10.3. The van der Waals surface area contributed by atoms with Crippen molar-refractivity contribution in [2.75, 3.05) is 28.1 Å². The standard InChI is InChI=1S/C8H18O5Si/c1-7-8(13-6-12-7)5-14(9-2,10-3)11-4/h7-8H,5-6H2,1-4H3. The fraction of sp³-hybridized carbons (Fsp3) is 1.00. The lowest BCUT2D eigenvalue weighted by Crippen LogP contribution is -2.47. The van der Waals surface area contributed by atoms with Gasteiger partial charge in [-0.2, -0.15) is 0 Å². The predicted molar refractivity (Wildman–Crippen MR) is 51.9 cm³/mol. The highest BCUT2D eigenvalue weighted by Crippen LogP contribution is 2.24. The first-order chi connectivity index (χ1) is 6.67. The predicted octanol–water partition coefficient (Wildman–Crippen LogP) is 0.626. The number of hydrogen-bond acceptors (Lipinski definition) is 5. The van der Waals surface area contributed by atoms with Gasteiger partial charge in [-0.05, 0) is 6.92 Å². The summed E-state index contributed by atoms with van der Waals surface area (Å²) < 4.78 is 26.6. The van der Waals surface area contributed by atoms with Gasteiger partial charge in [0, 0.05) is 27.4 Å². The van der Waals surface area contributed by atoms with E-state index >= 15 is 0 Å². The molecular weight excluding hydrogens is 204 g/mol. The zero-order valence-electron chi connectivity index (χ0n) is 9.11. The molecule has 0 radical (unpaired) electrons. The molecule has 1 heterocycles. The summed E-state index contributed by atoms with van der Waals surface area (Å²) in [6.45, 7) is 2.31. The van der Waals surface area contributed by atoms with Crippen LogP contribution in [0.25, 0.3) is 0 Å². The zero-order valence-corrected chi connectivity index (χ0v) is 10.1. The van der Waals surface area contributed by atoms with Crippen molar-refractivity contribution in [3.8, 4) is 0 Å². The molecule has 0 aromatic carbocycles. The van der Waals surface area contributed by atoms with Crippen molar-refractivity contribution in [2.45, 2.75) is 25.2 Å². The number of ether oxygens (including phenoxy) is 2. The summed E-state index contributed by atoms with van der Waals surface area (Å²) in [5.74, 6) is 0. The highest BCUT2D eigenvalue weighted by Gasteiger charge is 2.44. The fourth-order valence-electron chi connectivity index (χ4n) is 1.45. The second-order valence-electron chi connectivity index (χ2n) is 3.19. The Bertz CT molecular complexity index is 165. The summed E-state index contributed by atoms with van der Waals surface area (Å²) in [7, 11) is 2.26. The first-order valence-corrected chi connectivity index (χ1v) is 6.49. The Morgan fingerprint density at radius 2 is 1.71 bits per heavy atom. The Balaban J connectivity index is 2.54. The van der Waals surface area contributed by atoms with Crippen LogP contribution in [0.1, 0.15) is 6.92 Å². The third-order valence-electron chi connectivity index (χ3n) is 2.52. The van der Waals surface area contributed by atoms with Crippen LogP contribution in [-0.4, -0.2) is 49.1 Å². The second kappa shape index (κ2) is 5.20. The number of rotatable bonds is 5. The lowest BCUT2D eigenvalue weighted by molar-refractivity contribution is 0.0383. The monoisotopic (exact) mass is 222 g/mol. The molecule has 2 unspecified atom stereocenters. The smallest absolute Gasteiger partial charge is 0.377 e. The molecule has 0 aliphatic carbocycles. The summed E-state index contributed by atoms with van der Waals surface area (Å²) >= 11 is 0. The quantitative estimate of drug-likeness (QED) is 0.638. The first-order valence-electron chi connectivity index (χ1n) is 4.56. The van der Waals surface area contributed by atoms with E-state index in [-0.39, 0.29) is 12.2 Å². The van der Waals surface area contributed by atoms with Gasteiger partial charge in [0.25, 0.3) is 0 Å². The molecule has 5 nitrogen and oxygen atoms in total. The van der Waals surface area contributed by atoms with E-state index in [0.29, 0.717) is 12.8 Å². The zero-order chi connectivity index (χ0) is 10.6. The van der Waals surface area contributed by atoms with Crippen LogP contribution in [0.2, 0.25) is 6.04 Å². The van der Waals surface area contributed by atoms with E-state index < -0.39 is 8.80 Å². The molecule has 0 N–H and O–H groups in total. The number of hydrogen-bond donors (Lipinski definition) is 0. The molecule has 1 rings (SSSR count). The molecule has 6 heteroatoms. The second-order valence-corrected chi connectivity index (χ2v) is 6.19. The van der Waals surface area contributed by atoms with Crippen LogP contribution >= 0.6 is 0 Å². The van der Waals surface area contributed by atoms with Gasteiger partial charge in [0.1, 0.15) is 6.79 Å². The lowest BCUT2D eigenvalue weighted by Gasteiger charge is -2.27. The van der Waals surface area contributed by atoms with Gasteiger partial charge in [-0.15, -0.1) is 0 Å². The van der Waals surface area contributed by atoms with E-state index in [1.165, 1.54) is 0 Å². The maximum Gasteiger partial charge on any atom is 0.502 e. The van der Waals surface area contributed by atoms with E-state index in [0.717, 1.165) is 0 Å². The minimum Gasteiger partial charge on any atom is -0.377 e. The van der Waals surface area contributed by atoms with Crippen LogP contribution in [-0.2, 0) is 22.8 Å². The summed E-state index contributed by atoms with van der Waals surface area (Å²) in [4.78, 5) is 0. The van der Waals surface area contributed by atoms with Gasteiger partial charge in [-0.25, -0.2) is 0 Å². The fourth-order valence-corrected chi connectivity index (χ4v) is 3.39. The van der Waals surface area contributed by atoms with E-state index in [4.69, 9.17) is 22.8 Å². The van der Waals surface area contributed by atoms with Crippen LogP contribution in [0, 0.1) is 0 Å². The maximum absolute atomic E-state index is 5.40. The Morgan fingerprint density at radius 1 is 1.14 bits per heavy atom. The molecule has 0 amide bonds. The highest BCUT2D eigenvalue weighted by molar-refractivity contribution is 6.60. The van der Waals surface area contributed by atoms with Crippen LogP contribution in [0.15, 0.2) is 0 Å². The molecule has 0 saturated carbocycles. The van der Waals surface area contributed by atoms with Gasteiger partial charge < -0.3 is 22.8 Å². The van der Waals surface area contributed by atoms with Crippen LogP contribution in [0.3, 0.4) is 0 Å². The van der Waals surface area contributed by atoms with Gasteiger partial charge in [-0.3, -0.25) is 0 Å². The minimum absolute atomic E-state index is 0.00140. The van der Waals surface area contributed by atoms with Crippen molar-refractivity contribution in [3.63, 3.8) is 0 Å². The Labute approximate surface area is 85.6 Å². The van der Waals surface area contributed by atoms with Crippen molar-refractivity contribution >= 4 is 8.80 Å². The molecule has 1 saturated heterocycles.